The number of carbonyl (C=O) groups excluding carboxylic acids is 2. The van der Waals surface area contributed by atoms with Crippen LogP contribution >= 0.6 is 0 Å². The molecule has 1 N–H and O–H groups in total. The second-order valence-corrected chi connectivity index (χ2v) is 7.51. The summed E-state index contributed by atoms with van der Waals surface area (Å²) in [6.07, 6.45) is 0. The molecule has 3 aromatic carbocycles. The van der Waals surface area contributed by atoms with Gasteiger partial charge in [0, 0.05) is 29.9 Å². The number of carbonyl (C=O) groups is 2. The number of anilines is 1. The molecular formula is C24H19FN2O5. The Bertz CT molecular complexity index is 1200. The third kappa shape index (κ3) is 4.07. The third-order valence-electron chi connectivity index (χ3n) is 5.30. The molecule has 0 radical (unpaired) electrons. The summed E-state index contributed by atoms with van der Waals surface area (Å²) in [4.78, 5) is 26.8. The summed E-state index contributed by atoms with van der Waals surface area (Å²) in [6.45, 7) is 0.821. The lowest BCUT2D eigenvalue weighted by molar-refractivity contribution is -0.133. The van der Waals surface area contributed by atoms with Crippen LogP contribution in [0.5, 0.6) is 17.2 Å². The van der Waals surface area contributed by atoms with E-state index in [-0.39, 0.29) is 25.2 Å². The molecule has 0 aromatic heterocycles. The van der Waals surface area contributed by atoms with Crippen LogP contribution in [-0.4, -0.2) is 30.1 Å². The Kier molecular flexibility index (Phi) is 5.10. The Morgan fingerprint density at radius 2 is 1.72 bits per heavy atom. The molecule has 0 saturated carbocycles. The highest BCUT2D eigenvalue weighted by Crippen LogP contribution is 2.33. The minimum Gasteiger partial charge on any atom is -0.483 e. The van der Waals surface area contributed by atoms with Crippen LogP contribution in [0.4, 0.5) is 10.1 Å². The average Bonchev–Trinajstić information content (AvgIpc) is 3.20. The maximum absolute atomic E-state index is 13.1. The highest BCUT2D eigenvalue weighted by Gasteiger charge is 2.23. The van der Waals surface area contributed by atoms with E-state index >= 15 is 0 Å². The second kappa shape index (κ2) is 8.22. The van der Waals surface area contributed by atoms with Crippen LogP contribution < -0.4 is 19.5 Å². The van der Waals surface area contributed by atoms with Crippen LogP contribution in [0.25, 0.3) is 0 Å². The van der Waals surface area contributed by atoms with Gasteiger partial charge in [-0.1, -0.05) is 6.07 Å². The Morgan fingerprint density at radius 1 is 0.938 bits per heavy atom. The SMILES string of the molecule is O=C(Nc1ccc2c(c1)CN(Cc1ccc3c(c1)OCO3)C(=O)CO2)c1ccc(F)cc1. The molecule has 5 rings (SSSR count). The van der Waals surface area contributed by atoms with E-state index < -0.39 is 5.82 Å². The monoisotopic (exact) mass is 434 g/mol. The molecule has 7 nitrogen and oxygen atoms in total. The number of nitrogens with zero attached hydrogens (tertiary/aromatic N) is 1. The summed E-state index contributed by atoms with van der Waals surface area (Å²) in [5, 5.41) is 2.80. The van der Waals surface area contributed by atoms with E-state index in [2.05, 4.69) is 5.32 Å². The van der Waals surface area contributed by atoms with Crippen molar-refractivity contribution in [3.05, 3.63) is 83.2 Å². The summed E-state index contributed by atoms with van der Waals surface area (Å²) >= 11 is 0. The maximum atomic E-state index is 13.1. The zero-order valence-corrected chi connectivity index (χ0v) is 17.0. The Morgan fingerprint density at radius 3 is 2.56 bits per heavy atom. The van der Waals surface area contributed by atoms with Crippen molar-refractivity contribution in [2.24, 2.45) is 0 Å². The summed E-state index contributed by atoms with van der Waals surface area (Å²) < 4.78 is 29.5. The number of halogens is 1. The normalized spacial score (nSPS) is 14.4. The molecule has 2 aliphatic rings. The van der Waals surface area contributed by atoms with Crippen LogP contribution in [0.2, 0.25) is 0 Å². The van der Waals surface area contributed by atoms with Crippen molar-refractivity contribution in [2.45, 2.75) is 13.1 Å². The van der Waals surface area contributed by atoms with Crippen molar-refractivity contribution in [1.82, 2.24) is 4.90 Å². The molecule has 8 heteroatoms. The van der Waals surface area contributed by atoms with Crippen LogP contribution in [0, 0.1) is 5.82 Å². The number of benzene rings is 3. The van der Waals surface area contributed by atoms with E-state index in [9.17, 15) is 14.0 Å². The minimum absolute atomic E-state index is 0.0706. The number of fused-ring (bicyclic) bond motifs is 2. The molecule has 0 saturated heterocycles. The van der Waals surface area contributed by atoms with Gasteiger partial charge < -0.3 is 24.4 Å². The highest BCUT2D eigenvalue weighted by atomic mass is 19.1. The van der Waals surface area contributed by atoms with Gasteiger partial charge in [0.05, 0.1) is 0 Å². The predicted molar refractivity (Wildman–Crippen MR) is 113 cm³/mol. The largest absolute Gasteiger partial charge is 0.483 e. The van der Waals surface area contributed by atoms with E-state index in [4.69, 9.17) is 14.2 Å². The first-order valence-corrected chi connectivity index (χ1v) is 10.0. The van der Waals surface area contributed by atoms with Gasteiger partial charge in [0.15, 0.2) is 18.1 Å². The van der Waals surface area contributed by atoms with Crippen LogP contribution in [-0.2, 0) is 17.9 Å². The molecule has 32 heavy (non-hydrogen) atoms. The quantitative estimate of drug-likeness (QED) is 0.677. The van der Waals surface area contributed by atoms with Crippen LogP contribution in [0.3, 0.4) is 0 Å². The number of rotatable bonds is 4. The molecule has 0 aliphatic carbocycles. The second-order valence-electron chi connectivity index (χ2n) is 7.51. The van der Waals surface area contributed by atoms with E-state index in [0.717, 1.165) is 11.1 Å². The maximum Gasteiger partial charge on any atom is 0.261 e. The van der Waals surface area contributed by atoms with Gasteiger partial charge >= 0.3 is 0 Å². The Hall–Kier alpha value is -4.07. The van der Waals surface area contributed by atoms with Gasteiger partial charge in [-0.2, -0.15) is 0 Å². The number of amides is 2. The van der Waals surface area contributed by atoms with Crippen molar-refractivity contribution in [2.75, 3.05) is 18.7 Å². The van der Waals surface area contributed by atoms with Gasteiger partial charge in [-0.15, -0.1) is 0 Å². The van der Waals surface area contributed by atoms with Crippen molar-refractivity contribution in [1.29, 1.82) is 0 Å². The van der Waals surface area contributed by atoms with E-state index in [0.29, 0.717) is 41.6 Å². The number of hydrogen-bond donors (Lipinski definition) is 1. The lowest BCUT2D eigenvalue weighted by Gasteiger charge is -2.20. The smallest absolute Gasteiger partial charge is 0.261 e. The van der Waals surface area contributed by atoms with Gasteiger partial charge in [-0.05, 0) is 60.2 Å². The molecule has 2 aliphatic heterocycles. The van der Waals surface area contributed by atoms with Crippen molar-refractivity contribution in [3.8, 4) is 17.2 Å². The van der Waals surface area contributed by atoms with Crippen molar-refractivity contribution in [3.63, 3.8) is 0 Å². The van der Waals surface area contributed by atoms with Gasteiger partial charge in [0.2, 0.25) is 6.79 Å². The van der Waals surface area contributed by atoms with Crippen molar-refractivity contribution < 1.29 is 28.2 Å². The van der Waals surface area contributed by atoms with Crippen molar-refractivity contribution >= 4 is 17.5 Å². The summed E-state index contributed by atoms with van der Waals surface area (Å²) in [6, 6.07) is 16.1. The standard InChI is InChI=1S/C24H19FN2O5/c25-18-4-2-16(3-5-18)24(29)26-19-6-8-20-17(10-19)12-27(23(28)13-30-20)11-15-1-7-21-22(9-15)32-14-31-21/h1-10H,11-14H2,(H,26,29). The molecule has 0 atom stereocenters. The van der Waals surface area contributed by atoms with E-state index in [1.807, 2.05) is 18.2 Å². The van der Waals surface area contributed by atoms with E-state index in [1.54, 1.807) is 23.1 Å². The first kappa shape index (κ1) is 19.9. The number of nitrogens with one attached hydrogen (secondary N) is 1. The molecule has 0 unspecified atom stereocenters. The highest BCUT2D eigenvalue weighted by molar-refractivity contribution is 6.04. The topological polar surface area (TPSA) is 77.1 Å². The summed E-state index contributed by atoms with van der Waals surface area (Å²) in [5.74, 6) is 1.03. The average molecular weight is 434 g/mol. The molecule has 2 heterocycles. The van der Waals surface area contributed by atoms with Gasteiger partial charge in [0.25, 0.3) is 11.8 Å². The molecule has 2 amide bonds. The molecule has 0 bridgehead atoms. The molecule has 162 valence electrons. The van der Waals surface area contributed by atoms with E-state index in [1.165, 1.54) is 24.3 Å². The Labute approximate surface area is 183 Å². The lowest BCUT2D eigenvalue weighted by atomic mass is 10.1. The fourth-order valence-electron chi connectivity index (χ4n) is 3.65. The van der Waals surface area contributed by atoms with Gasteiger partial charge in [-0.3, -0.25) is 9.59 Å². The first-order chi connectivity index (χ1) is 15.5. The zero-order chi connectivity index (χ0) is 22.1. The molecule has 3 aromatic rings. The fourth-order valence-corrected chi connectivity index (χ4v) is 3.65. The fraction of sp³-hybridized carbons (Fsp3) is 0.167. The zero-order valence-electron chi connectivity index (χ0n) is 17.0. The molecule has 0 fully saturated rings. The third-order valence-corrected chi connectivity index (χ3v) is 5.30. The number of ether oxygens (including phenoxy) is 3. The predicted octanol–water partition coefficient (Wildman–Crippen LogP) is 3.73. The van der Waals surface area contributed by atoms with Gasteiger partial charge in [0.1, 0.15) is 11.6 Å². The van der Waals surface area contributed by atoms with Crippen LogP contribution in [0.15, 0.2) is 60.7 Å². The summed E-state index contributed by atoms with van der Waals surface area (Å²) in [5.41, 5.74) is 2.58. The molecule has 0 spiro atoms. The first-order valence-electron chi connectivity index (χ1n) is 10.0. The van der Waals surface area contributed by atoms with Crippen LogP contribution in [0.1, 0.15) is 21.5 Å². The summed E-state index contributed by atoms with van der Waals surface area (Å²) in [7, 11) is 0. The minimum atomic E-state index is -0.407. The number of hydrogen-bond acceptors (Lipinski definition) is 5. The Balaban J connectivity index is 1.34. The lowest BCUT2D eigenvalue weighted by Crippen LogP contribution is -2.31. The molecular weight excluding hydrogens is 415 g/mol. The van der Waals surface area contributed by atoms with Gasteiger partial charge in [-0.25, -0.2) is 4.39 Å².